The first-order chi connectivity index (χ1) is 9.54. The van der Waals surface area contributed by atoms with E-state index in [-0.39, 0.29) is 0 Å². The summed E-state index contributed by atoms with van der Waals surface area (Å²) >= 11 is 2.06. The second-order valence-electron chi connectivity index (χ2n) is 6.19. The van der Waals surface area contributed by atoms with Gasteiger partial charge >= 0.3 is 0 Å². The highest BCUT2D eigenvalue weighted by molar-refractivity contribution is 8.00. The third-order valence-corrected chi connectivity index (χ3v) is 5.75. The van der Waals surface area contributed by atoms with E-state index in [4.69, 9.17) is 0 Å². The molecule has 1 aliphatic carbocycles. The summed E-state index contributed by atoms with van der Waals surface area (Å²) < 4.78 is 2.31. The Balaban J connectivity index is 1.86. The maximum absolute atomic E-state index is 3.75. The summed E-state index contributed by atoms with van der Waals surface area (Å²) in [7, 11) is 8.55. The van der Waals surface area contributed by atoms with Crippen molar-refractivity contribution in [2.45, 2.75) is 35.4 Å². The average molecular weight is 290 g/mol. The fourth-order valence-corrected chi connectivity index (χ4v) is 4.46. The van der Waals surface area contributed by atoms with E-state index in [1.807, 2.05) is 0 Å². The summed E-state index contributed by atoms with van der Waals surface area (Å²) in [6.45, 7) is 0. The van der Waals surface area contributed by atoms with Crippen molar-refractivity contribution in [1.29, 1.82) is 0 Å². The Kier molecular flexibility index (Phi) is 3.67. The van der Waals surface area contributed by atoms with Crippen LogP contribution in [0.4, 0.5) is 11.4 Å². The Morgan fingerprint density at radius 3 is 2.80 bits per heavy atom. The fraction of sp³-hybridized carbons (Fsp3) is 0.562. The van der Waals surface area contributed by atoms with Gasteiger partial charge in [-0.3, -0.25) is 0 Å². The lowest BCUT2D eigenvalue weighted by Gasteiger charge is -2.37. The van der Waals surface area contributed by atoms with Crippen LogP contribution in [0, 0.1) is 0 Å². The molecule has 1 aliphatic heterocycles. The number of anilines is 2. The van der Waals surface area contributed by atoms with Crippen LogP contribution in [0.3, 0.4) is 0 Å². The molecule has 1 aromatic carbocycles. The largest absolute Gasteiger partial charge is 0.380 e. The number of nitrogens with one attached hydrogen (secondary N) is 1. The monoisotopic (exact) mass is 290 g/mol. The van der Waals surface area contributed by atoms with Crippen LogP contribution in [0.5, 0.6) is 0 Å². The summed E-state index contributed by atoms with van der Waals surface area (Å²) in [6.07, 6.45) is 3.69. The van der Waals surface area contributed by atoms with Gasteiger partial charge in [0.25, 0.3) is 0 Å². The second kappa shape index (κ2) is 5.32. The molecule has 4 heteroatoms. The molecule has 0 amide bonds. The van der Waals surface area contributed by atoms with E-state index >= 15 is 0 Å². The van der Waals surface area contributed by atoms with Crippen LogP contribution in [0.1, 0.15) is 19.3 Å². The van der Waals surface area contributed by atoms with Crippen molar-refractivity contribution in [3.63, 3.8) is 0 Å². The van der Waals surface area contributed by atoms with E-state index in [2.05, 4.69) is 72.9 Å². The Morgan fingerprint density at radius 2 is 2.10 bits per heavy atom. The lowest BCUT2D eigenvalue weighted by Crippen LogP contribution is -2.41. The van der Waals surface area contributed by atoms with Gasteiger partial charge in [-0.05, 0) is 24.6 Å². The van der Waals surface area contributed by atoms with E-state index in [0.717, 1.165) is 0 Å². The van der Waals surface area contributed by atoms with Crippen molar-refractivity contribution < 1.29 is 4.58 Å². The molecule has 3 rings (SSSR count). The van der Waals surface area contributed by atoms with Gasteiger partial charge in [-0.25, -0.2) is 4.58 Å². The van der Waals surface area contributed by atoms with Gasteiger partial charge in [0.05, 0.1) is 0 Å². The van der Waals surface area contributed by atoms with E-state index in [1.165, 1.54) is 35.5 Å². The standard InChI is InChI=1S/C16H24N3S/c1-18(2)11-5-7-13-15(9-11)20-16-10-12(19(3)4)6-8-14(16)17-13/h5,7,9,14,16-17H,6,8,10H2,1-4H3/q+1/t14-,16+/m1/s1. The zero-order valence-electron chi connectivity index (χ0n) is 12.8. The minimum atomic E-state index is 0.626. The molecule has 0 bridgehead atoms. The number of hydrogen-bond acceptors (Lipinski definition) is 3. The SMILES string of the molecule is CN(C)c1ccc2c(c1)S[C@H]1CC(=[N+](C)C)CC[C@H]1N2. The topological polar surface area (TPSA) is 18.3 Å². The molecular formula is C16H24N3S+. The van der Waals surface area contributed by atoms with Gasteiger partial charge in [0.15, 0.2) is 5.71 Å². The molecule has 1 N–H and O–H groups in total. The molecule has 2 atom stereocenters. The van der Waals surface area contributed by atoms with Gasteiger partial charge < -0.3 is 10.2 Å². The van der Waals surface area contributed by atoms with E-state index in [0.29, 0.717) is 11.3 Å². The number of thioether (sulfide) groups is 1. The number of rotatable bonds is 1. The van der Waals surface area contributed by atoms with Gasteiger partial charge in [-0.15, -0.1) is 11.8 Å². The molecule has 0 radical (unpaired) electrons. The minimum absolute atomic E-state index is 0.626. The average Bonchev–Trinajstić information content (AvgIpc) is 2.43. The molecule has 0 aromatic heterocycles. The Bertz CT molecular complexity index is 547. The molecule has 0 saturated heterocycles. The Morgan fingerprint density at radius 1 is 1.30 bits per heavy atom. The molecule has 2 aliphatic rings. The third-order valence-electron chi connectivity index (χ3n) is 4.36. The first kappa shape index (κ1) is 13.8. The Labute approximate surface area is 126 Å². The summed E-state index contributed by atoms with van der Waals surface area (Å²) in [5, 5.41) is 4.43. The van der Waals surface area contributed by atoms with Crippen LogP contribution in [0.2, 0.25) is 0 Å². The molecule has 108 valence electrons. The number of benzene rings is 1. The van der Waals surface area contributed by atoms with E-state index in [9.17, 15) is 0 Å². The lowest BCUT2D eigenvalue weighted by atomic mass is 9.92. The van der Waals surface area contributed by atoms with E-state index in [1.54, 1.807) is 5.71 Å². The van der Waals surface area contributed by atoms with Gasteiger partial charge in [0.1, 0.15) is 14.1 Å². The molecule has 20 heavy (non-hydrogen) atoms. The lowest BCUT2D eigenvalue weighted by molar-refractivity contribution is -0.467. The zero-order valence-corrected chi connectivity index (χ0v) is 13.6. The Hall–Kier alpha value is -1.16. The summed E-state index contributed by atoms with van der Waals surface area (Å²) in [5.41, 5.74) is 4.19. The molecule has 1 fully saturated rings. The maximum Gasteiger partial charge on any atom is 0.153 e. The summed E-state index contributed by atoms with van der Waals surface area (Å²) in [5.74, 6) is 0. The van der Waals surface area contributed by atoms with Crippen molar-refractivity contribution in [2.75, 3.05) is 38.4 Å². The maximum atomic E-state index is 3.75. The van der Waals surface area contributed by atoms with Crippen molar-refractivity contribution in [1.82, 2.24) is 0 Å². The van der Waals surface area contributed by atoms with Gasteiger partial charge in [-0.1, -0.05) is 0 Å². The first-order valence-corrected chi connectivity index (χ1v) is 8.19. The number of nitrogens with zero attached hydrogens (tertiary/aromatic N) is 2. The van der Waals surface area contributed by atoms with Crippen LogP contribution < -0.4 is 10.2 Å². The quantitative estimate of drug-likeness (QED) is 0.802. The van der Waals surface area contributed by atoms with Crippen LogP contribution in [-0.2, 0) is 0 Å². The molecular weight excluding hydrogens is 266 g/mol. The summed E-state index contributed by atoms with van der Waals surface area (Å²) in [4.78, 5) is 3.57. The van der Waals surface area contributed by atoms with Crippen molar-refractivity contribution in [3.05, 3.63) is 18.2 Å². The van der Waals surface area contributed by atoms with Crippen LogP contribution in [0.25, 0.3) is 0 Å². The molecule has 0 unspecified atom stereocenters. The molecule has 3 nitrogen and oxygen atoms in total. The van der Waals surface area contributed by atoms with Crippen LogP contribution >= 0.6 is 11.8 Å². The molecule has 0 spiro atoms. The third kappa shape index (κ3) is 2.53. The predicted molar refractivity (Wildman–Crippen MR) is 88.8 cm³/mol. The van der Waals surface area contributed by atoms with Crippen LogP contribution in [0.15, 0.2) is 23.1 Å². The summed E-state index contributed by atoms with van der Waals surface area (Å²) in [6, 6.07) is 7.38. The van der Waals surface area contributed by atoms with Gasteiger partial charge in [0.2, 0.25) is 0 Å². The molecule has 1 aromatic rings. The first-order valence-electron chi connectivity index (χ1n) is 7.31. The highest BCUT2D eigenvalue weighted by Crippen LogP contribution is 2.43. The van der Waals surface area contributed by atoms with Gasteiger partial charge in [0, 0.05) is 54.5 Å². The smallest absolute Gasteiger partial charge is 0.153 e. The van der Waals surface area contributed by atoms with Crippen molar-refractivity contribution >= 4 is 28.8 Å². The van der Waals surface area contributed by atoms with Crippen molar-refractivity contribution in [2.24, 2.45) is 0 Å². The number of hydrogen-bond donors (Lipinski definition) is 1. The zero-order chi connectivity index (χ0) is 14.3. The molecule has 1 heterocycles. The second-order valence-corrected chi connectivity index (χ2v) is 7.47. The normalized spacial score (nSPS) is 24.5. The highest BCUT2D eigenvalue weighted by Gasteiger charge is 2.35. The fourth-order valence-electron chi connectivity index (χ4n) is 3.05. The minimum Gasteiger partial charge on any atom is -0.380 e. The highest BCUT2D eigenvalue weighted by atomic mass is 32.2. The van der Waals surface area contributed by atoms with E-state index < -0.39 is 0 Å². The van der Waals surface area contributed by atoms with Crippen molar-refractivity contribution in [3.8, 4) is 0 Å². The predicted octanol–water partition coefficient (Wildman–Crippen LogP) is 2.90. The van der Waals surface area contributed by atoms with Gasteiger partial charge in [-0.2, -0.15) is 0 Å². The number of fused-ring (bicyclic) bond motifs is 2. The van der Waals surface area contributed by atoms with Crippen LogP contribution in [-0.4, -0.2) is 49.8 Å². The molecule has 1 saturated carbocycles.